The largest absolute Gasteiger partial charge is 0.387 e. The highest BCUT2D eigenvalue weighted by molar-refractivity contribution is 9.10. The minimum atomic E-state index is -0.761. The van der Waals surface area contributed by atoms with Crippen LogP contribution < -0.4 is 15.8 Å². The Bertz CT molecular complexity index is 1170. The van der Waals surface area contributed by atoms with Crippen LogP contribution in [0.25, 0.3) is 11.1 Å². The van der Waals surface area contributed by atoms with E-state index in [1.807, 2.05) is 79.7 Å². The van der Waals surface area contributed by atoms with E-state index in [0.29, 0.717) is 5.69 Å². The first-order valence-corrected chi connectivity index (χ1v) is 11.7. The molecule has 170 valence electrons. The number of hydrogen-bond acceptors (Lipinski definition) is 4. The first-order valence-electron chi connectivity index (χ1n) is 10.9. The number of nitrogens with one attached hydrogen (secondary N) is 2. The van der Waals surface area contributed by atoms with Gasteiger partial charge in [0.1, 0.15) is 0 Å². The first-order chi connectivity index (χ1) is 15.9. The number of carbonyl (C=O) groups excluding carboxylic acids is 2. The maximum Gasteiger partial charge on any atom is 0.255 e. The van der Waals surface area contributed by atoms with Gasteiger partial charge in [-0.3, -0.25) is 15.0 Å². The third-order valence-electron chi connectivity index (χ3n) is 5.94. The number of aliphatic hydroxyl groups excluding tert-OH is 1. The number of hydrazine groups is 1. The number of hydrogen-bond donors (Lipinski definition) is 3. The molecule has 1 aliphatic rings. The number of halogens is 1. The van der Waals surface area contributed by atoms with Gasteiger partial charge in [0.05, 0.1) is 23.8 Å². The van der Waals surface area contributed by atoms with Crippen molar-refractivity contribution in [1.82, 2.24) is 10.7 Å². The van der Waals surface area contributed by atoms with E-state index in [0.717, 1.165) is 26.7 Å². The Morgan fingerprint density at radius 1 is 1.03 bits per heavy atom. The average molecular weight is 508 g/mol. The van der Waals surface area contributed by atoms with E-state index in [4.69, 9.17) is 0 Å². The van der Waals surface area contributed by atoms with Gasteiger partial charge < -0.3 is 10.4 Å². The third kappa shape index (κ3) is 4.85. The van der Waals surface area contributed by atoms with E-state index >= 15 is 0 Å². The Balaban J connectivity index is 1.50. The summed E-state index contributed by atoms with van der Waals surface area (Å²) >= 11 is 3.38. The van der Waals surface area contributed by atoms with E-state index in [2.05, 4.69) is 26.7 Å². The summed E-state index contributed by atoms with van der Waals surface area (Å²) < 4.78 is 0.929. The number of amides is 2. The molecule has 3 aromatic carbocycles. The highest BCUT2D eigenvalue weighted by Gasteiger charge is 2.33. The van der Waals surface area contributed by atoms with Gasteiger partial charge in [0.15, 0.2) is 0 Å². The average Bonchev–Trinajstić information content (AvgIpc) is 2.92. The number of aliphatic hydroxyl groups is 1. The van der Waals surface area contributed by atoms with Crippen molar-refractivity contribution in [1.29, 1.82) is 0 Å². The van der Waals surface area contributed by atoms with Crippen molar-refractivity contribution in [3.8, 4) is 11.1 Å². The molecule has 3 N–H and O–H groups in total. The molecule has 2 amide bonds. The molecule has 6 nitrogen and oxygen atoms in total. The molecule has 7 heteroatoms. The second kappa shape index (κ2) is 9.87. The minimum absolute atomic E-state index is 0.197. The molecular formula is C26H26BrN3O3. The molecule has 2 unspecified atom stereocenters. The maximum atomic E-state index is 13.4. The summed E-state index contributed by atoms with van der Waals surface area (Å²) in [7, 11) is 0. The lowest BCUT2D eigenvalue weighted by molar-refractivity contribution is -0.127. The van der Waals surface area contributed by atoms with E-state index in [1.54, 1.807) is 6.92 Å². The number of rotatable bonds is 6. The molecule has 1 aliphatic heterocycles. The lowest BCUT2D eigenvalue weighted by Gasteiger charge is -2.27. The zero-order chi connectivity index (χ0) is 23.5. The summed E-state index contributed by atoms with van der Waals surface area (Å²) in [5.41, 5.74) is 6.97. The fourth-order valence-corrected chi connectivity index (χ4v) is 4.23. The van der Waals surface area contributed by atoms with Crippen LogP contribution in [0.5, 0.6) is 0 Å². The SMILES string of the molecule is CC1C(=O)N(NC(=O)[C@H](C)NCC(O)c2ccc(Br)cc2)c2ccccc2-c2ccccc21. The second-order valence-corrected chi connectivity index (χ2v) is 9.09. The van der Waals surface area contributed by atoms with E-state index < -0.39 is 18.1 Å². The summed E-state index contributed by atoms with van der Waals surface area (Å²) in [5.74, 6) is -0.987. The van der Waals surface area contributed by atoms with E-state index in [9.17, 15) is 14.7 Å². The standard InChI is InChI=1S/C26H26BrN3O3/c1-16-20-7-3-4-8-21(20)22-9-5-6-10-23(22)30(26(16)33)29-25(32)17(2)28-15-24(31)18-11-13-19(27)14-12-18/h3-14,16-17,24,28,31H,15H2,1-2H3,(H,29,32)/t16?,17-,24?/m0/s1. The molecule has 3 atom stereocenters. The van der Waals surface area contributed by atoms with Gasteiger partial charge in [0.2, 0.25) is 0 Å². The topological polar surface area (TPSA) is 81.7 Å². The van der Waals surface area contributed by atoms with Crippen molar-refractivity contribution in [2.45, 2.75) is 31.9 Å². The molecule has 33 heavy (non-hydrogen) atoms. The molecular weight excluding hydrogens is 482 g/mol. The number of carbonyl (C=O) groups is 2. The molecule has 0 fully saturated rings. The molecule has 0 bridgehead atoms. The van der Waals surface area contributed by atoms with Crippen LogP contribution in [0.1, 0.15) is 37.0 Å². The van der Waals surface area contributed by atoms with Gasteiger partial charge in [-0.1, -0.05) is 70.5 Å². The van der Waals surface area contributed by atoms with Crippen LogP contribution in [-0.4, -0.2) is 29.5 Å². The smallest absolute Gasteiger partial charge is 0.255 e. The Morgan fingerprint density at radius 3 is 2.39 bits per heavy atom. The van der Waals surface area contributed by atoms with Crippen molar-refractivity contribution < 1.29 is 14.7 Å². The summed E-state index contributed by atoms with van der Waals surface area (Å²) in [6, 6.07) is 22.1. The number of nitrogens with zero attached hydrogens (tertiary/aromatic N) is 1. The van der Waals surface area contributed by atoms with Gasteiger partial charge in [-0.05, 0) is 48.7 Å². The maximum absolute atomic E-state index is 13.4. The summed E-state index contributed by atoms with van der Waals surface area (Å²) in [6.45, 7) is 3.75. The second-order valence-electron chi connectivity index (χ2n) is 8.17. The normalized spacial score (nSPS) is 16.9. The van der Waals surface area contributed by atoms with Crippen LogP contribution in [-0.2, 0) is 9.59 Å². The van der Waals surface area contributed by atoms with Crippen LogP contribution in [0, 0.1) is 0 Å². The minimum Gasteiger partial charge on any atom is -0.387 e. The summed E-state index contributed by atoms with van der Waals surface area (Å²) in [6.07, 6.45) is -0.761. The predicted octanol–water partition coefficient (Wildman–Crippen LogP) is 4.31. The Labute approximate surface area is 201 Å². The van der Waals surface area contributed by atoms with Crippen LogP contribution in [0.3, 0.4) is 0 Å². The highest BCUT2D eigenvalue weighted by atomic mass is 79.9. The molecule has 3 aromatic rings. The van der Waals surface area contributed by atoms with Gasteiger partial charge in [-0.15, -0.1) is 0 Å². The summed E-state index contributed by atoms with van der Waals surface area (Å²) in [5, 5.41) is 14.8. The fourth-order valence-electron chi connectivity index (χ4n) is 3.97. The molecule has 0 radical (unpaired) electrons. The van der Waals surface area contributed by atoms with Crippen molar-refractivity contribution >= 4 is 33.4 Å². The lowest BCUT2D eigenvalue weighted by atomic mass is 9.92. The number of fused-ring (bicyclic) bond motifs is 3. The van der Waals surface area contributed by atoms with Gasteiger partial charge >= 0.3 is 0 Å². The van der Waals surface area contributed by atoms with Gasteiger partial charge in [-0.25, -0.2) is 5.01 Å². The molecule has 0 saturated carbocycles. The van der Waals surface area contributed by atoms with Crippen LogP contribution >= 0.6 is 15.9 Å². The third-order valence-corrected chi connectivity index (χ3v) is 6.47. The number of para-hydroxylation sites is 1. The first kappa shape index (κ1) is 23.2. The molecule has 0 saturated heterocycles. The monoisotopic (exact) mass is 507 g/mol. The molecule has 0 aliphatic carbocycles. The zero-order valence-corrected chi connectivity index (χ0v) is 20.0. The van der Waals surface area contributed by atoms with Gasteiger partial charge in [0, 0.05) is 16.6 Å². The van der Waals surface area contributed by atoms with Crippen molar-refractivity contribution in [3.63, 3.8) is 0 Å². The zero-order valence-electron chi connectivity index (χ0n) is 18.5. The molecule has 4 rings (SSSR count). The molecule has 0 aromatic heterocycles. The van der Waals surface area contributed by atoms with Crippen molar-refractivity contribution in [3.05, 3.63) is 88.4 Å². The predicted molar refractivity (Wildman–Crippen MR) is 132 cm³/mol. The van der Waals surface area contributed by atoms with Crippen molar-refractivity contribution in [2.75, 3.05) is 11.6 Å². The fraction of sp³-hybridized carbons (Fsp3) is 0.231. The van der Waals surface area contributed by atoms with Crippen molar-refractivity contribution in [2.24, 2.45) is 0 Å². The Hall–Kier alpha value is -3.00. The Kier molecular flexibility index (Phi) is 6.93. The van der Waals surface area contributed by atoms with Gasteiger partial charge in [0.25, 0.3) is 11.8 Å². The van der Waals surface area contributed by atoms with Gasteiger partial charge in [-0.2, -0.15) is 0 Å². The molecule has 1 heterocycles. The van der Waals surface area contributed by atoms with E-state index in [1.165, 1.54) is 5.01 Å². The van der Waals surface area contributed by atoms with Crippen LogP contribution in [0.15, 0.2) is 77.3 Å². The Morgan fingerprint density at radius 2 is 1.67 bits per heavy atom. The number of benzene rings is 3. The number of anilines is 1. The van der Waals surface area contributed by atoms with Crippen LogP contribution in [0.4, 0.5) is 5.69 Å². The highest BCUT2D eigenvalue weighted by Crippen LogP contribution is 2.39. The lowest BCUT2D eigenvalue weighted by Crippen LogP contribution is -2.53. The van der Waals surface area contributed by atoms with E-state index in [-0.39, 0.29) is 18.4 Å². The quantitative estimate of drug-likeness (QED) is 0.464. The summed E-state index contributed by atoms with van der Waals surface area (Å²) in [4.78, 5) is 26.4. The molecule has 0 spiro atoms. The van der Waals surface area contributed by atoms with Crippen LogP contribution in [0.2, 0.25) is 0 Å².